The van der Waals surface area contributed by atoms with Gasteiger partial charge < -0.3 is 9.64 Å². The monoisotopic (exact) mass is 380 g/mol. The Balaban J connectivity index is 1.80. The number of nitrogens with zero attached hydrogens (tertiary/aromatic N) is 1. The van der Waals surface area contributed by atoms with Gasteiger partial charge in [0.25, 0.3) is 15.9 Å². The van der Waals surface area contributed by atoms with Crippen LogP contribution in [-0.4, -0.2) is 38.9 Å². The highest BCUT2D eigenvalue weighted by atomic mass is 32.2. The average molecular weight is 380 g/mol. The molecule has 1 fully saturated rings. The summed E-state index contributed by atoms with van der Waals surface area (Å²) in [4.78, 5) is 14.1. The molecule has 134 valence electrons. The molecule has 1 amide bonds. The van der Waals surface area contributed by atoms with Crippen molar-refractivity contribution in [3.63, 3.8) is 0 Å². The summed E-state index contributed by atoms with van der Waals surface area (Å²) in [6.07, 6.45) is 1.99. The summed E-state index contributed by atoms with van der Waals surface area (Å²) in [7, 11) is -3.77. The Hall–Kier alpha value is -2.06. The largest absolute Gasteiger partial charge is 0.492 e. The Bertz CT molecular complexity index is 855. The second-order valence-electron chi connectivity index (χ2n) is 5.69. The number of hydrogen-bond donors (Lipinski definition) is 1. The minimum Gasteiger partial charge on any atom is -0.492 e. The fourth-order valence-corrected chi connectivity index (χ4v) is 4.92. The van der Waals surface area contributed by atoms with Crippen LogP contribution >= 0.6 is 11.3 Å². The molecule has 0 atom stereocenters. The van der Waals surface area contributed by atoms with Gasteiger partial charge in [0.1, 0.15) is 9.96 Å². The van der Waals surface area contributed by atoms with E-state index in [1.807, 2.05) is 6.92 Å². The van der Waals surface area contributed by atoms with Crippen LogP contribution in [0.15, 0.2) is 39.9 Å². The van der Waals surface area contributed by atoms with Gasteiger partial charge in [0.15, 0.2) is 0 Å². The number of likely N-dealkylation sites (tertiary alicyclic amines) is 1. The van der Waals surface area contributed by atoms with Crippen molar-refractivity contribution in [1.29, 1.82) is 0 Å². The normalized spacial score (nSPS) is 14.5. The third-order valence-corrected chi connectivity index (χ3v) is 6.72. The van der Waals surface area contributed by atoms with Crippen molar-refractivity contribution in [2.75, 3.05) is 24.4 Å². The van der Waals surface area contributed by atoms with Crippen LogP contribution in [0.3, 0.4) is 0 Å². The van der Waals surface area contributed by atoms with Crippen molar-refractivity contribution >= 4 is 33.0 Å². The van der Waals surface area contributed by atoms with Crippen LogP contribution in [0.1, 0.15) is 30.1 Å². The number of benzene rings is 1. The number of nitrogens with one attached hydrogen (secondary N) is 1. The van der Waals surface area contributed by atoms with Gasteiger partial charge in [0, 0.05) is 18.5 Å². The lowest BCUT2D eigenvalue weighted by atomic mass is 10.3. The molecule has 6 nitrogen and oxygen atoms in total. The predicted molar refractivity (Wildman–Crippen MR) is 97.9 cm³/mol. The number of para-hydroxylation sites is 2. The fourth-order valence-electron chi connectivity index (χ4n) is 2.70. The lowest BCUT2D eigenvalue weighted by Gasteiger charge is -2.13. The molecular weight excluding hydrogens is 360 g/mol. The van der Waals surface area contributed by atoms with E-state index in [1.54, 1.807) is 34.5 Å². The maximum Gasteiger partial charge on any atom is 0.271 e. The minimum atomic E-state index is -3.77. The van der Waals surface area contributed by atoms with E-state index in [0.717, 1.165) is 37.3 Å². The Kier molecular flexibility index (Phi) is 5.29. The van der Waals surface area contributed by atoms with Crippen LogP contribution in [0.5, 0.6) is 5.75 Å². The highest BCUT2D eigenvalue weighted by Crippen LogP contribution is 2.29. The molecule has 0 unspecified atom stereocenters. The van der Waals surface area contributed by atoms with Gasteiger partial charge in [-0.1, -0.05) is 12.1 Å². The van der Waals surface area contributed by atoms with Crippen LogP contribution < -0.4 is 9.46 Å². The summed E-state index contributed by atoms with van der Waals surface area (Å²) in [5, 5.41) is 1.60. The smallest absolute Gasteiger partial charge is 0.271 e. The van der Waals surface area contributed by atoms with Crippen molar-refractivity contribution in [2.45, 2.75) is 24.0 Å². The predicted octanol–water partition coefficient (Wildman–Crippen LogP) is 3.18. The Morgan fingerprint density at radius 2 is 2.00 bits per heavy atom. The first-order valence-corrected chi connectivity index (χ1v) is 10.5. The quantitative estimate of drug-likeness (QED) is 0.835. The molecular formula is C17H20N2O4S2. The maximum absolute atomic E-state index is 12.6. The third-order valence-electron chi connectivity index (χ3n) is 3.91. The van der Waals surface area contributed by atoms with Crippen LogP contribution in [0.2, 0.25) is 0 Å². The molecule has 0 bridgehead atoms. The number of sulfonamides is 1. The van der Waals surface area contributed by atoms with Crippen LogP contribution in [0, 0.1) is 0 Å². The Labute approximate surface area is 151 Å². The molecule has 3 rings (SSSR count). The summed E-state index contributed by atoms with van der Waals surface area (Å²) < 4.78 is 33.4. The topological polar surface area (TPSA) is 75.7 Å². The number of thiophene rings is 1. The highest BCUT2D eigenvalue weighted by Gasteiger charge is 2.24. The molecule has 8 heteroatoms. The SMILES string of the molecule is CCOc1ccccc1NS(=O)(=O)c1cc(C(=O)N2CCCC2)cs1. The van der Waals surface area contributed by atoms with E-state index in [1.165, 1.54) is 6.07 Å². The summed E-state index contributed by atoms with van der Waals surface area (Å²) in [6.45, 7) is 3.74. The number of hydrogen-bond acceptors (Lipinski definition) is 5. The molecule has 1 aromatic carbocycles. The number of carbonyl (C=O) groups is 1. The van der Waals surface area contributed by atoms with E-state index in [4.69, 9.17) is 4.74 Å². The second kappa shape index (κ2) is 7.45. The highest BCUT2D eigenvalue weighted by molar-refractivity contribution is 7.94. The first-order chi connectivity index (χ1) is 12.0. The molecule has 0 saturated carbocycles. The first-order valence-electron chi connectivity index (χ1n) is 8.13. The molecule has 1 N–H and O–H groups in total. The molecule has 2 aromatic rings. The van der Waals surface area contributed by atoms with Gasteiger partial charge in [0.05, 0.1) is 17.9 Å². The number of ether oxygens (including phenoxy) is 1. The minimum absolute atomic E-state index is 0.107. The molecule has 2 heterocycles. The van der Waals surface area contributed by atoms with Crippen LogP contribution in [-0.2, 0) is 10.0 Å². The molecule has 0 aliphatic carbocycles. The molecule has 1 aliphatic rings. The van der Waals surface area contributed by atoms with Crippen molar-refractivity contribution in [3.8, 4) is 5.75 Å². The van der Waals surface area contributed by atoms with Crippen LogP contribution in [0.25, 0.3) is 0 Å². The third kappa shape index (κ3) is 3.96. The van der Waals surface area contributed by atoms with Gasteiger partial charge in [-0.2, -0.15) is 0 Å². The zero-order valence-corrected chi connectivity index (χ0v) is 15.5. The van der Waals surface area contributed by atoms with Gasteiger partial charge >= 0.3 is 0 Å². The summed E-state index contributed by atoms with van der Waals surface area (Å²) in [5.74, 6) is 0.364. The van der Waals surface area contributed by atoms with Gasteiger partial charge in [0.2, 0.25) is 0 Å². The Morgan fingerprint density at radius 1 is 1.28 bits per heavy atom. The van der Waals surface area contributed by atoms with E-state index < -0.39 is 10.0 Å². The van der Waals surface area contributed by atoms with E-state index in [9.17, 15) is 13.2 Å². The lowest BCUT2D eigenvalue weighted by Crippen LogP contribution is -2.27. The zero-order chi connectivity index (χ0) is 17.9. The molecule has 1 saturated heterocycles. The van der Waals surface area contributed by atoms with Crippen molar-refractivity contribution < 1.29 is 17.9 Å². The number of carbonyl (C=O) groups excluding carboxylic acids is 1. The van der Waals surface area contributed by atoms with E-state index in [2.05, 4.69) is 4.72 Å². The first kappa shape index (κ1) is 17.8. The summed E-state index contributed by atoms with van der Waals surface area (Å²) >= 11 is 1.04. The van der Waals surface area contributed by atoms with Gasteiger partial charge in [-0.3, -0.25) is 9.52 Å². The maximum atomic E-state index is 12.6. The van der Waals surface area contributed by atoms with Gasteiger partial charge in [-0.05, 0) is 38.0 Å². The summed E-state index contributed by atoms with van der Waals surface area (Å²) in [5.41, 5.74) is 0.801. The molecule has 1 aromatic heterocycles. The number of amides is 1. The fraction of sp³-hybridized carbons (Fsp3) is 0.353. The standard InChI is InChI=1S/C17H20N2O4S2/c1-2-23-15-8-4-3-7-14(15)18-25(21,22)16-11-13(12-24-16)17(20)19-9-5-6-10-19/h3-4,7-8,11-12,18H,2,5-6,9-10H2,1H3. The molecule has 25 heavy (non-hydrogen) atoms. The molecule has 0 spiro atoms. The van der Waals surface area contributed by atoms with Gasteiger partial charge in [-0.25, -0.2) is 8.42 Å². The molecule has 1 aliphatic heterocycles. The van der Waals surface area contributed by atoms with Crippen LogP contribution in [0.4, 0.5) is 5.69 Å². The summed E-state index contributed by atoms with van der Waals surface area (Å²) in [6, 6.07) is 8.30. The lowest BCUT2D eigenvalue weighted by molar-refractivity contribution is 0.0793. The van der Waals surface area contributed by atoms with E-state index in [0.29, 0.717) is 23.6 Å². The molecule has 0 radical (unpaired) electrons. The zero-order valence-electron chi connectivity index (χ0n) is 13.9. The average Bonchev–Trinajstić information content (AvgIpc) is 3.28. The Morgan fingerprint density at radius 3 is 2.72 bits per heavy atom. The van der Waals surface area contributed by atoms with Crippen molar-refractivity contribution in [1.82, 2.24) is 4.90 Å². The van der Waals surface area contributed by atoms with Crippen molar-refractivity contribution in [2.24, 2.45) is 0 Å². The number of rotatable bonds is 6. The second-order valence-corrected chi connectivity index (χ2v) is 8.51. The van der Waals surface area contributed by atoms with Gasteiger partial charge in [-0.15, -0.1) is 11.3 Å². The van der Waals surface area contributed by atoms with E-state index >= 15 is 0 Å². The van der Waals surface area contributed by atoms with Crippen molar-refractivity contribution in [3.05, 3.63) is 41.3 Å². The number of anilines is 1. The van der Waals surface area contributed by atoms with E-state index in [-0.39, 0.29) is 10.1 Å².